The molecule has 0 aliphatic heterocycles. The minimum Gasteiger partial charge on any atom is -0.295 e. The highest BCUT2D eigenvalue weighted by molar-refractivity contribution is 5.75. The summed E-state index contributed by atoms with van der Waals surface area (Å²) in [5.41, 5.74) is 3.96. The Balaban J connectivity index is 1.77. The number of rotatable bonds is 5. The number of hydrogen-bond acceptors (Lipinski definition) is 3. The van der Waals surface area contributed by atoms with E-state index in [9.17, 15) is 4.79 Å². The van der Waals surface area contributed by atoms with Crippen LogP contribution in [0.25, 0.3) is 11.0 Å². The molecule has 0 N–H and O–H groups in total. The van der Waals surface area contributed by atoms with Crippen LogP contribution in [0.5, 0.6) is 0 Å². The van der Waals surface area contributed by atoms with Crippen molar-refractivity contribution in [1.82, 2.24) is 19.0 Å². The van der Waals surface area contributed by atoms with Gasteiger partial charge in [-0.2, -0.15) is 0 Å². The van der Waals surface area contributed by atoms with Gasteiger partial charge in [0.2, 0.25) is 0 Å². The summed E-state index contributed by atoms with van der Waals surface area (Å²) in [7, 11) is 3.84. The Morgan fingerprint density at radius 2 is 1.59 bits per heavy atom. The standard InChI is InChI=1S/C22H22N4O/c1-24(16-26-20-14-7-6-13-19(20)25(2)22(26)27)21(17-10-4-3-5-11-17)18-12-8-9-15-23-18/h3-15,21H,16H2,1-2H3. The second-order valence-corrected chi connectivity index (χ2v) is 6.72. The Morgan fingerprint density at radius 3 is 2.30 bits per heavy atom. The summed E-state index contributed by atoms with van der Waals surface area (Å²) in [4.78, 5) is 19.5. The number of benzene rings is 2. The zero-order valence-electron chi connectivity index (χ0n) is 15.5. The number of aromatic nitrogens is 3. The maximum Gasteiger partial charge on any atom is 0.329 e. The summed E-state index contributed by atoms with van der Waals surface area (Å²) in [6.45, 7) is 0.469. The molecule has 2 heterocycles. The van der Waals surface area contributed by atoms with Gasteiger partial charge in [-0.15, -0.1) is 0 Å². The molecule has 0 spiro atoms. The number of aryl methyl sites for hydroxylation is 1. The van der Waals surface area contributed by atoms with Crippen molar-refractivity contribution in [3.8, 4) is 0 Å². The van der Waals surface area contributed by atoms with Gasteiger partial charge in [0.15, 0.2) is 0 Å². The van der Waals surface area contributed by atoms with Crippen LogP contribution in [0.2, 0.25) is 0 Å². The lowest BCUT2D eigenvalue weighted by atomic mass is 10.0. The van der Waals surface area contributed by atoms with Gasteiger partial charge >= 0.3 is 5.69 Å². The molecule has 1 unspecified atom stereocenters. The fourth-order valence-electron chi connectivity index (χ4n) is 3.63. The van der Waals surface area contributed by atoms with Gasteiger partial charge in [0.25, 0.3) is 0 Å². The normalized spacial score (nSPS) is 12.6. The summed E-state index contributed by atoms with van der Waals surface area (Å²) in [6.07, 6.45) is 1.81. The van der Waals surface area contributed by atoms with E-state index < -0.39 is 0 Å². The van der Waals surface area contributed by atoms with Gasteiger partial charge in [0.1, 0.15) is 0 Å². The smallest absolute Gasteiger partial charge is 0.295 e. The van der Waals surface area contributed by atoms with Crippen LogP contribution in [-0.4, -0.2) is 26.1 Å². The Hall–Kier alpha value is -3.18. The molecule has 5 nitrogen and oxygen atoms in total. The first-order valence-corrected chi connectivity index (χ1v) is 8.97. The van der Waals surface area contributed by atoms with Gasteiger partial charge < -0.3 is 0 Å². The number of imidazole rings is 1. The maximum absolute atomic E-state index is 12.8. The van der Waals surface area contributed by atoms with E-state index in [1.165, 1.54) is 0 Å². The van der Waals surface area contributed by atoms with Crippen LogP contribution < -0.4 is 5.69 Å². The van der Waals surface area contributed by atoms with E-state index in [1.807, 2.05) is 85.5 Å². The molecule has 0 saturated heterocycles. The fourth-order valence-corrected chi connectivity index (χ4v) is 3.63. The lowest BCUT2D eigenvalue weighted by Gasteiger charge is -2.28. The number of nitrogens with zero attached hydrogens (tertiary/aromatic N) is 4. The van der Waals surface area contributed by atoms with E-state index in [-0.39, 0.29) is 11.7 Å². The average molecular weight is 358 g/mol. The van der Waals surface area contributed by atoms with Crippen molar-refractivity contribution >= 4 is 11.0 Å². The Kier molecular flexibility index (Phi) is 4.60. The Bertz CT molecular complexity index is 1060. The predicted molar refractivity (Wildman–Crippen MR) is 107 cm³/mol. The van der Waals surface area contributed by atoms with Crippen molar-refractivity contribution in [3.05, 3.63) is 101 Å². The van der Waals surface area contributed by atoms with Gasteiger partial charge in [0.05, 0.1) is 29.4 Å². The van der Waals surface area contributed by atoms with Crippen LogP contribution in [0.1, 0.15) is 17.3 Å². The van der Waals surface area contributed by atoms with Crippen molar-refractivity contribution in [2.75, 3.05) is 7.05 Å². The minimum absolute atomic E-state index is 0.0177. The third kappa shape index (κ3) is 3.17. The molecule has 4 aromatic rings. The van der Waals surface area contributed by atoms with Crippen LogP contribution in [-0.2, 0) is 13.7 Å². The third-order valence-electron chi connectivity index (χ3n) is 4.94. The Labute approximate surface area is 158 Å². The number of para-hydroxylation sites is 2. The SMILES string of the molecule is CN(Cn1c(=O)n(C)c2ccccc21)C(c1ccccc1)c1ccccn1. The molecule has 27 heavy (non-hydrogen) atoms. The zero-order valence-corrected chi connectivity index (χ0v) is 15.5. The second-order valence-electron chi connectivity index (χ2n) is 6.72. The topological polar surface area (TPSA) is 43.1 Å². The lowest BCUT2D eigenvalue weighted by Crippen LogP contribution is -2.33. The summed E-state index contributed by atoms with van der Waals surface area (Å²) in [5.74, 6) is 0. The molecule has 1 atom stereocenters. The van der Waals surface area contributed by atoms with Crippen LogP contribution >= 0.6 is 0 Å². The van der Waals surface area contributed by atoms with E-state index in [0.29, 0.717) is 6.67 Å². The van der Waals surface area contributed by atoms with E-state index in [0.717, 1.165) is 22.3 Å². The molecule has 0 amide bonds. The monoisotopic (exact) mass is 358 g/mol. The summed E-state index contributed by atoms with van der Waals surface area (Å²) in [5, 5.41) is 0. The van der Waals surface area contributed by atoms with Crippen LogP contribution in [0.3, 0.4) is 0 Å². The first kappa shape index (κ1) is 17.2. The van der Waals surface area contributed by atoms with Crippen molar-refractivity contribution in [2.24, 2.45) is 7.05 Å². The summed E-state index contributed by atoms with van der Waals surface area (Å²) in [6, 6.07) is 24.0. The molecule has 0 saturated carbocycles. The molecule has 0 bridgehead atoms. The molecule has 2 aromatic heterocycles. The van der Waals surface area contributed by atoms with E-state index in [1.54, 1.807) is 4.57 Å². The Morgan fingerprint density at radius 1 is 0.926 bits per heavy atom. The highest BCUT2D eigenvalue weighted by Gasteiger charge is 2.22. The molecule has 0 aliphatic rings. The van der Waals surface area contributed by atoms with Crippen LogP contribution in [0.4, 0.5) is 0 Å². The van der Waals surface area contributed by atoms with E-state index in [2.05, 4.69) is 22.0 Å². The average Bonchev–Trinajstić information content (AvgIpc) is 2.95. The van der Waals surface area contributed by atoms with Crippen molar-refractivity contribution < 1.29 is 0 Å². The molecule has 0 radical (unpaired) electrons. The quantitative estimate of drug-likeness (QED) is 0.549. The van der Waals surface area contributed by atoms with Gasteiger partial charge in [0, 0.05) is 13.2 Å². The van der Waals surface area contributed by atoms with Gasteiger partial charge in [-0.3, -0.25) is 19.0 Å². The molecule has 5 heteroatoms. The first-order valence-electron chi connectivity index (χ1n) is 8.97. The van der Waals surface area contributed by atoms with Crippen molar-refractivity contribution in [2.45, 2.75) is 12.7 Å². The summed E-state index contributed by atoms with van der Waals surface area (Å²) < 4.78 is 3.51. The molecule has 2 aromatic carbocycles. The number of hydrogen-bond donors (Lipinski definition) is 0. The second kappa shape index (κ2) is 7.21. The highest BCUT2D eigenvalue weighted by atomic mass is 16.1. The van der Waals surface area contributed by atoms with E-state index >= 15 is 0 Å². The lowest BCUT2D eigenvalue weighted by molar-refractivity contribution is 0.217. The predicted octanol–water partition coefficient (Wildman–Crippen LogP) is 3.41. The first-order chi connectivity index (χ1) is 13.2. The largest absolute Gasteiger partial charge is 0.329 e. The van der Waals surface area contributed by atoms with E-state index in [4.69, 9.17) is 0 Å². The van der Waals surface area contributed by atoms with Crippen molar-refractivity contribution in [3.63, 3.8) is 0 Å². The van der Waals surface area contributed by atoms with Gasteiger partial charge in [-0.05, 0) is 36.9 Å². The molecular weight excluding hydrogens is 336 g/mol. The van der Waals surface area contributed by atoms with Crippen LogP contribution in [0, 0.1) is 0 Å². The third-order valence-corrected chi connectivity index (χ3v) is 4.94. The van der Waals surface area contributed by atoms with Gasteiger partial charge in [-0.25, -0.2) is 4.79 Å². The fraction of sp³-hybridized carbons (Fsp3) is 0.182. The number of fused-ring (bicyclic) bond motifs is 1. The molecule has 136 valence electrons. The van der Waals surface area contributed by atoms with Crippen LogP contribution in [0.15, 0.2) is 83.8 Å². The zero-order chi connectivity index (χ0) is 18.8. The van der Waals surface area contributed by atoms with Crippen molar-refractivity contribution in [1.29, 1.82) is 0 Å². The summed E-state index contributed by atoms with van der Waals surface area (Å²) >= 11 is 0. The molecule has 4 rings (SSSR count). The number of pyridine rings is 1. The van der Waals surface area contributed by atoms with Gasteiger partial charge in [-0.1, -0.05) is 48.5 Å². The highest BCUT2D eigenvalue weighted by Crippen LogP contribution is 2.26. The molecular formula is C22H22N4O. The minimum atomic E-state index is -0.0433. The molecule has 0 aliphatic carbocycles. The maximum atomic E-state index is 12.8. The molecule has 0 fully saturated rings.